The van der Waals surface area contributed by atoms with Crippen LogP contribution < -0.4 is 4.74 Å². The Kier molecular flexibility index (Phi) is 4.85. The van der Waals surface area contributed by atoms with Crippen molar-refractivity contribution in [3.05, 3.63) is 63.6 Å². The number of hydrogen-bond acceptors (Lipinski definition) is 3. The summed E-state index contributed by atoms with van der Waals surface area (Å²) in [6.45, 7) is 0. The molecule has 1 atom stereocenters. The molecular weight excluding hydrogens is 309 g/mol. The fourth-order valence-corrected chi connectivity index (χ4v) is 2.43. The van der Waals surface area contributed by atoms with Gasteiger partial charge in [-0.15, -0.1) is 0 Å². The zero-order valence-corrected chi connectivity index (χ0v) is 12.7. The minimum absolute atomic E-state index is 0.237. The van der Waals surface area contributed by atoms with Gasteiger partial charge in [0.05, 0.1) is 18.2 Å². The number of hydrogen-bond donors (Lipinski definition) is 0. The van der Waals surface area contributed by atoms with Crippen LogP contribution in [-0.4, -0.2) is 12.9 Å². The first-order valence-corrected chi connectivity index (χ1v) is 6.85. The van der Waals surface area contributed by atoms with Crippen LogP contribution >= 0.6 is 23.2 Å². The Labute approximate surface area is 132 Å². The van der Waals surface area contributed by atoms with Crippen LogP contribution in [-0.2, 0) is 0 Å². The highest BCUT2D eigenvalue weighted by Gasteiger charge is 2.23. The van der Waals surface area contributed by atoms with Gasteiger partial charge >= 0.3 is 0 Å². The largest absolute Gasteiger partial charge is 0.497 e. The van der Waals surface area contributed by atoms with Crippen molar-refractivity contribution in [2.75, 3.05) is 7.11 Å². The Bertz CT molecular complexity index is 705. The summed E-state index contributed by atoms with van der Waals surface area (Å²) in [4.78, 5) is 12.5. The van der Waals surface area contributed by atoms with Gasteiger partial charge < -0.3 is 4.74 Å². The van der Waals surface area contributed by atoms with E-state index in [2.05, 4.69) is 0 Å². The third-order valence-electron chi connectivity index (χ3n) is 3.04. The van der Waals surface area contributed by atoms with Gasteiger partial charge in [0.2, 0.25) is 0 Å². The SMILES string of the molecule is COc1ccc(C(C#N)C(=O)c2ccc(Cl)cc2Cl)cc1. The minimum Gasteiger partial charge on any atom is -0.497 e. The number of rotatable bonds is 4. The summed E-state index contributed by atoms with van der Waals surface area (Å²) < 4.78 is 5.06. The van der Waals surface area contributed by atoms with Crippen molar-refractivity contribution in [3.63, 3.8) is 0 Å². The molecule has 0 spiro atoms. The molecule has 2 aromatic carbocycles. The second-order valence-electron chi connectivity index (χ2n) is 4.32. The standard InChI is InChI=1S/C16H11Cl2NO2/c1-21-12-5-2-10(3-6-12)14(9-19)16(20)13-7-4-11(17)8-15(13)18/h2-8,14H,1H3. The number of nitrogens with zero attached hydrogens (tertiary/aromatic N) is 1. The molecule has 0 fully saturated rings. The maximum absolute atomic E-state index is 12.5. The van der Waals surface area contributed by atoms with Gasteiger partial charge in [-0.2, -0.15) is 5.26 Å². The zero-order chi connectivity index (χ0) is 15.4. The van der Waals surface area contributed by atoms with E-state index in [9.17, 15) is 10.1 Å². The van der Waals surface area contributed by atoms with Crippen molar-refractivity contribution in [1.82, 2.24) is 0 Å². The molecular formula is C16H11Cl2NO2. The number of Topliss-reactive ketones (excluding diaryl/α,β-unsaturated/α-hetero) is 1. The molecule has 3 nitrogen and oxygen atoms in total. The molecule has 0 saturated carbocycles. The van der Waals surface area contributed by atoms with Crippen molar-refractivity contribution in [2.45, 2.75) is 5.92 Å². The van der Waals surface area contributed by atoms with Crippen molar-refractivity contribution in [1.29, 1.82) is 5.26 Å². The van der Waals surface area contributed by atoms with Crippen LogP contribution in [0.1, 0.15) is 21.8 Å². The highest BCUT2D eigenvalue weighted by atomic mass is 35.5. The number of methoxy groups -OCH3 is 1. The minimum atomic E-state index is -0.922. The summed E-state index contributed by atoms with van der Waals surface area (Å²) >= 11 is 11.8. The van der Waals surface area contributed by atoms with Gasteiger partial charge in [0.15, 0.2) is 5.78 Å². The van der Waals surface area contributed by atoms with Crippen LogP contribution in [0.15, 0.2) is 42.5 Å². The first kappa shape index (κ1) is 15.4. The van der Waals surface area contributed by atoms with Crippen LogP contribution in [0.3, 0.4) is 0 Å². The van der Waals surface area contributed by atoms with E-state index in [-0.39, 0.29) is 16.4 Å². The normalized spacial score (nSPS) is 11.5. The van der Waals surface area contributed by atoms with Gasteiger partial charge in [-0.05, 0) is 35.9 Å². The van der Waals surface area contributed by atoms with Gasteiger partial charge in [0, 0.05) is 10.6 Å². The number of ketones is 1. The lowest BCUT2D eigenvalue weighted by Gasteiger charge is -2.11. The molecule has 0 aromatic heterocycles. The average molecular weight is 320 g/mol. The summed E-state index contributed by atoms with van der Waals surface area (Å²) in [5, 5.41) is 9.99. The molecule has 0 aliphatic carbocycles. The summed E-state index contributed by atoms with van der Waals surface area (Å²) in [6, 6.07) is 13.4. The number of carbonyl (C=O) groups is 1. The molecule has 2 rings (SSSR count). The van der Waals surface area contributed by atoms with Crippen LogP contribution in [0.5, 0.6) is 5.75 Å². The zero-order valence-electron chi connectivity index (χ0n) is 11.1. The molecule has 0 saturated heterocycles. The smallest absolute Gasteiger partial charge is 0.185 e. The van der Waals surface area contributed by atoms with Crippen molar-refractivity contribution < 1.29 is 9.53 Å². The maximum atomic E-state index is 12.5. The highest BCUT2D eigenvalue weighted by Crippen LogP contribution is 2.28. The molecule has 0 N–H and O–H groups in total. The molecule has 0 heterocycles. The molecule has 21 heavy (non-hydrogen) atoms. The van der Waals surface area contributed by atoms with Gasteiger partial charge in [-0.1, -0.05) is 35.3 Å². The lowest BCUT2D eigenvalue weighted by atomic mass is 9.92. The van der Waals surface area contributed by atoms with E-state index in [0.717, 1.165) is 0 Å². The average Bonchev–Trinajstić information content (AvgIpc) is 2.48. The molecule has 1 unspecified atom stereocenters. The quantitative estimate of drug-likeness (QED) is 0.780. The van der Waals surface area contributed by atoms with E-state index in [0.29, 0.717) is 16.3 Å². The molecule has 0 aliphatic rings. The number of nitriles is 1. The van der Waals surface area contributed by atoms with E-state index >= 15 is 0 Å². The van der Waals surface area contributed by atoms with Crippen molar-refractivity contribution >= 4 is 29.0 Å². The molecule has 0 bridgehead atoms. The van der Waals surface area contributed by atoms with Crippen LogP contribution in [0.25, 0.3) is 0 Å². The van der Waals surface area contributed by atoms with E-state index in [1.807, 2.05) is 6.07 Å². The summed E-state index contributed by atoms with van der Waals surface area (Å²) in [7, 11) is 1.55. The summed E-state index contributed by atoms with van der Waals surface area (Å²) in [5.74, 6) is -0.619. The third kappa shape index (κ3) is 3.36. The van der Waals surface area contributed by atoms with Crippen molar-refractivity contribution in [3.8, 4) is 11.8 Å². The van der Waals surface area contributed by atoms with Crippen molar-refractivity contribution in [2.24, 2.45) is 0 Å². The topological polar surface area (TPSA) is 50.1 Å². The predicted molar refractivity (Wildman–Crippen MR) is 82.1 cm³/mol. The van der Waals surface area contributed by atoms with Crippen LogP contribution in [0, 0.1) is 11.3 Å². The second kappa shape index (κ2) is 6.62. The first-order chi connectivity index (χ1) is 10.1. The Morgan fingerprint density at radius 1 is 1.19 bits per heavy atom. The molecule has 0 aliphatic heterocycles. The summed E-state index contributed by atoms with van der Waals surface area (Å²) in [5.41, 5.74) is 0.873. The molecule has 0 radical (unpaired) electrons. The first-order valence-electron chi connectivity index (χ1n) is 6.09. The number of carbonyl (C=O) groups excluding carboxylic acids is 1. The Balaban J connectivity index is 2.36. The number of halogens is 2. The lowest BCUT2D eigenvalue weighted by Crippen LogP contribution is -2.11. The highest BCUT2D eigenvalue weighted by molar-refractivity contribution is 6.37. The fraction of sp³-hybridized carbons (Fsp3) is 0.125. The monoisotopic (exact) mass is 319 g/mol. The van der Waals surface area contributed by atoms with E-state index < -0.39 is 5.92 Å². The number of ether oxygens (including phenoxy) is 1. The van der Waals surface area contributed by atoms with Crippen LogP contribution in [0.2, 0.25) is 10.0 Å². The van der Waals surface area contributed by atoms with E-state index in [4.69, 9.17) is 27.9 Å². The fourth-order valence-electron chi connectivity index (χ4n) is 1.93. The van der Waals surface area contributed by atoms with Gasteiger partial charge in [-0.25, -0.2) is 0 Å². The molecule has 5 heteroatoms. The molecule has 106 valence electrons. The Morgan fingerprint density at radius 3 is 2.38 bits per heavy atom. The van der Waals surface area contributed by atoms with E-state index in [1.165, 1.54) is 12.1 Å². The predicted octanol–water partition coefficient (Wildman–Crippen LogP) is 4.49. The maximum Gasteiger partial charge on any atom is 0.185 e. The second-order valence-corrected chi connectivity index (χ2v) is 5.17. The summed E-state index contributed by atoms with van der Waals surface area (Å²) in [6.07, 6.45) is 0. The van der Waals surface area contributed by atoms with E-state index in [1.54, 1.807) is 37.4 Å². The Hall–Kier alpha value is -2.02. The van der Waals surface area contributed by atoms with Gasteiger partial charge in [0.25, 0.3) is 0 Å². The van der Waals surface area contributed by atoms with Crippen LogP contribution in [0.4, 0.5) is 0 Å². The third-order valence-corrected chi connectivity index (χ3v) is 3.58. The van der Waals surface area contributed by atoms with Gasteiger partial charge in [0.1, 0.15) is 11.7 Å². The number of benzene rings is 2. The molecule has 2 aromatic rings. The molecule has 0 amide bonds. The Morgan fingerprint density at radius 2 is 1.86 bits per heavy atom. The van der Waals surface area contributed by atoms with Gasteiger partial charge in [-0.3, -0.25) is 4.79 Å². The lowest BCUT2D eigenvalue weighted by molar-refractivity contribution is 0.0979.